The Morgan fingerprint density at radius 2 is 1.55 bits per heavy atom. The lowest BCUT2D eigenvalue weighted by Gasteiger charge is -2.16. The Morgan fingerprint density at radius 1 is 1.00 bits per heavy atom. The molecule has 104 valence electrons. The van der Waals surface area contributed by atoms with Crippen LogP contribution in [0.4, 0.5) is 5.69 Å². The maximum Gasteiger partial charge on any atom is 0.335 e. The number of benzene rings is 2. The standard InChI is InChI=1S/C13H10ClNO4S/c14-15(11-8-6-10(7-9-11)13(16)17)20(18,19)12-4-2-1-3-5-12/h1-9H,(H,16,17). The minimum Gasteiger partial charge on any atom is -0.478 e. The van der Waals surface area contributed by atoms with E-state index in [9.17, 15) is 13.2 Å². The topological polar surface area (TPSA) is 74.7 Å². The van der Waals surface area contributed by atoms with E-state index in [1.165, 1.54) is 36.4 Å². The summed E-state index contributed by atoms with van der Waals surface area (Å²) in [4.78, 5) is 10.8. The van der Waals surface area contributed by atoms with Crippen LogP contribution < -0.4 is 3.82 Å². The van der Waals surface area contributed by atoms with Crippen LogP contribution in [0.1, 0.15) is 10.4 Å². The molecular formula is C13H10ClNO4S. The fourth-order valence-electron chi connectivity index (χ4n) is 1.54. The summed E-state index contributed by atoms with van der Waals surface area (Å²) in [5.41, 5.74) is 0.219. The first-order chi connectivity index (χ1) is 9.43. The van der Waals surface area contributed by atoms with E-state index in [1.807, 2.05) is 0 Å². The fraction of sp³-hybridized carbons (Fsp3) is 0. The summed E-state index contributed by atoms with van der Waals surface area (Å²) in [6, 6.07) is 13.0. The molecule has 0 saturated heterocycles. The first-order valence-corrected chi connectivity index (χ1v) is 7.30. The van der Waals surface area contributed by atoms with Crippen molar-refractivity contribution in [2.45, 2.75) is 4.90 Å². The number of nitrogens with zero attached hydrogens (tertiary/aromatic N) is 1. The van der Waals surface area contributed by atoms with Gasteiger partial charge in [-0.1, -0.05) is 18.2 Å². The normalized spacial score (nSPS) is 11.1. The first-order valence-electron chi connectivity index (χ1n) is 5.52. The van der Waals surface area contributed by atoms with Gasteiger partial charge in [-0.15, -0.1) is 0 Å². The van der Waals surface area contributed by atoms with Crippen LogP contribution in [-0.4, -0.2) is 19.5 Å². The Kier molecular flexibility index (Phi) is 3.96. The number of sulfonamides is 1. The van der Waals surface area contributed by atoms with E-state index in [4.69, 9.17) is 16.9 Å². The van der Waals surface area contributed by atoms with Gasteiger partial charge in [-0.05, 0) is 36.4 Å². The second-order valence-electron chi connectivity index (χ2n) is 3.88. The van der Waals surface area contributed by atoms with Crippen LogP contribution in [0.15, 0.2) is 59.5 Å². The smallest absolute Gasteiger partial charge is 0.335 e. The van der Waals surface area contributed by atoms with E-state index in [-0.39, 0.29) is 16.1 Å². The molecule has 0 aliphatic rings. The van der Waals surface area contributed by atoms with Gasteiger partial charge in [-0.25, -0.2) is 4.79 Å². The summed E-state index contributed by atoms with van der Waals surface area (Å²) >= 11 is 5.86. The monoisotopic (exact) mass is 311 g/mol. The van der Waals surface area contributed by atoms with Crippen molar-refractivity contribution < 1.29 is 18.3 Å². The van der Waals surface area contributed by atoms with E-state index in [0.717, 1.165) is 0 Å². The zero-order chi connectivity index (χ0) is 14.8. The minimum atomic E-state index is -3.87. The van der Waals surface area contributed by atoms with Crippen LogP contribution in [0.2, 0.25) is 0 Å². The SMILES string of the molecule is O=C(O)c1ccc(N(Cl)S(=O)(=O)c2ccccc2)cc1. The van der Waals surface area contributed by atoms with Gasteiger partial charge in [0.25, 0.3) is 10.0 Å². The van der Waals surface area contributed by atoms with Crippen LogP contribution in [0.5, 0.6) is 0 Å². The number of carboxylic acids is 1. The highest BCUT2D eigenvalue weighted by Gasteiger charge is 2.23. The fourth-order valence-corrected chi connectivity index (χ4v) is 2.98. The molecule has 0 spiro atoms. The third-order valence-electron chi connectivity index (χ3n) is 2.57. The van der Waals surface area contributed by atoms with Gasteiger partial charge in [-0.3, -0.25) is 0 Å². The van der Waals surface area contributed by atoms with Crippen molar-refractivity contribution in [3.05, 3.63) is 60.2 Å². The van der Waals surface area contributed by atoms with Gasteiger partial charge in [0.05, 0.1) is 16.1 Å². The number of hydrogen-bond donors (Lipinski definition) is 1. The molecule has 0 aliphatic carbocycles. The highest BCUT2D eigenvalue weighted by molar-refractivity contribution is 7.94. The molecule has 0 amide bonds. The third-order valence-corrected chi connectivity index (χ3v) is 4.81. The summed E-state index contributed by atoms with van der Waals surface area (Å²) in [7, 11) is -3.87. The average molecular weight is 312 g/mol. The second kappa shape index (κ2) is 5.52. The van der Waals surface area contributed by atoms with Crippen molar-refractivity contribution in [1.29, 1.82) is 0 Å². The number of hydrogen-bond acceptors (Lipinski definition) is 3. The maximum atomic E-state index is 12.2. The Bertz CT molecular complexity index is 714. The lowest BCUT2D eigenvalue weighted by Crippen LogP contribution is -2.21. The van der Waals surface area contributed by atoms with Gasteiger partial charge in [-0.2, -0.15) is 12.2 Å². The molecule has 20 heavy (non-hydrogen) atoms. The molecule has 0 saturated carbocycles. The molecular weight excluding hydrogens is 302 g/mol. The molecule has 0 unspecified atom stereocenters. The van der Waals surface area contributed by atoms with Crippen molar-refractivity contribution in [3.63, 3.8) is 0 Å². The number of aromatic carboxylic acids is 1. The summed E-state index contributed by atoms with van der Waals surface area (Å²) in [5, 5.41) is 8.79. The van der Waals surface area contributed by atoms with Crippen LogP contribution in [-0.2, 0) is 10.0 Å². The van der Waals surface area contributed by atoms with Crippen molar-refractivity contribution in [2.75, 3.05) is 3.82 Å². The van der Waals surface area contributed by atoms with Crippen LogP contribution >= 0.6 is 11.8 Å². The van der Waals surface area contributed by atoms with Gasteiger partial charge in [0.1, 0.15) is 0 Å². The predicted octanol–water partition coefficient (Wildman–Crippen LogP) is 2.73. The Balaban J connectivity index is 2.36. The number of carbonyl (C=O) groups is 1. The quantitative estimate of drug-likeness (QED) is 0.881. The number of anilines is 1. The zero-order valence-corrected chi connectivity index (χ0v) is 11.7. The van der Waals surface area contributed by atoms with Crippen molar-refractivity contribution >= 4 is 33.5 Å². The minimum absolute atomic E-state index is 0.0518. The molecule has 5 nitrogen and oxygen atoms in total. The predicted molar refractivity (Wildman–Crippen MR) is 75.4 cm³/mol. The van der Waals surface area contributed by atoms with Crippen LogP contribution in [0.25, 0.3) is 0 Å². The molecule has 0 radical (unpaired) electrons. The average Bonchev–Trinajstić information content (AvgIpc) is 2.47. The highest BCUT2D eigenvalue weighted by atomic mass is 35.5. The molecule has 0 bridgehead atoms. The third kappa shape index (κ3) is 2.76. The maximum absolute atomic E-state index is 12.2. The lowest BCUT2D eigenvalue weighted by atomic mass is 10.2. The highest BCUT2D eigenvalue weighted by Crippen LogP contribution is 2.25. The molecule has 0 atom stereocenters. The Morgan fingerprint density at radius 3 is 2.05 bits per heavy atom. The van der Waals surface area contributed by atoms with Crippen molar-refractivity contribution in [1.82, 2.24) is 0 Å². The van der Waals surface area contributed by atoms with Gasteiger partial charge in [0, 0.05) is 11.8 Å². The summed E-state index contributed by atoms with van der Waals surface area (Å²) in [6.45, 7) is 0. The summed E-state index contributed by atoms with van der Waals surface area (Å²) in [5.74, 6) is -1.09. The zero-order valence-electron chi connectivity index (χ0n) is 10.1. The van der Waals surface area contributed by atoms with Gasteiger partial charge >= 0.3 is 5.97 Å². The van der Waals surface area contributed by atoms with Crippen LogP contribution in [0, 0.1) is 0 Å². The molecule has 0 fully saturated rings. The molecule has 2 aromatic carbocycles. The number of carboxylic acid groups (broad SMARTS) is 1. The number of rotatable bonds is 4. The van der Waals surface area contributed by atoms with E-state index >= 15 is 0 Å². The molecule has 0 heterocycles. The number of halogens is 1. The molecule has 0 aliphatic heterocycles. The second-order valence-corrected chi connectivity index (χ2v) is 6.21. The molecule has 7 heteroatoms. The Hall–Kier alpha value is -2.05. The summed E-state index contributed by atoms with van der Waals surface area (Å²) in [6.07, 6.45) is 0. The van der Waals surface area contributed by atoms with Gasteiger partial charge in [0.15, 0.2) is 0 Å². The van der Waals surface area contributed by atoms with Crippen LogP contribution in [0.3, 0.4) is 0 Å². The van der Waals surface area contributed by atoms with Gasteiger partial charge < -0.3 is 5.11 Å². The molecule has 2 aromatic rings. The molecule has 0 aromatic heterocycles. The van der Waals surface area contributed by atoms with E-state index in [2.05, 4.69) is 0 Å². The van der Waals surface area contributed by atoms with E-state index < -0.39 is 16.0 Å². The van der Waals surface area contributed by atoms with Gasteiger partial charge in [0.2, 0.25) is 0 Å². The van der Waals surface area contributed by atoms with E-state index in [1.54, 1.807) is 18.2 Å². The lowest BCUT2D eigenvalue weighted by molar-refractivity contribution is 0.0697. The molecule has 1 N–H and O–H groups in total. The molecule has 2 rings (SSSR count). The van der Waals surface area contributed by atoms with Crippen molar-refractivity contribution in [2.24, 2.45) is 0 Å². The largest absolute Gasteiger partial charge is 0.478 e. The Labute approximate surface area is 121 Å². The first kappa shape index (κ1) is 14.4. The van der Waals surface area contributed by atoms with E-state index in [0.29, 0.717) is 3.82 Å². The van der Waals surface area contributed by atoms with Crippen molar-refractivity contribution in [3.8, 4) is 0 Å². The summed E-state index contributed by atoms with van der Waals surface area (Å²) < 4.78 is 25.0.